The van der Waals surface area contributed by atoms with Crippen LogP contribution in [0.3, 0.4) is 0 Å². The van der Waals surface area contributed by atoms with Crippen molar-refractivity contribution >= 4 is 17.5 Å². The van der Waals surface area contributed by atoms with Gasteiger partial charge in [-0.25, -0.2) is 4.98 Å². The lowest BCUT2D eigenvalue weighted by Gasteiger charge is -2.14. The van der Waals surface area contributed by atoms with Crippen molar-refractivity contribution in [1.29, 1.82) is 0 Å². The standard InChI is InChI=1S/C23H24N2O2S/c1-3-14-28-23-24-17(2)20(15-18-10-6-4-7-11-18)22(25-23)27-16-21(26)19-12-8-5-9-13-19/h4-13H,3,14-16H2,1-2H3. The molecule has 0 spiro atoms. The average molecular weight is 393 g/mol. The number of benzene rings is 2. The first-order valence-electron chi connectivity index (χ1n) is 9.42. The summed E-state index contributed by atoms with van der Waals surface area (Å²) >= 11 is 1.61. The van der Waals surface area contributed by atoms with Gasteiger partial charge in [-0.2, -0.15) is 4.98 Å². The van der Waals surface area contributed by atoms with Gasteiger partial charge >= 0.3 is 0 Å². The Morgan fingerprint density at radius 1 is 1.00 bits per heavy atom. The monoisotopic (exact) mass is 392 g/mol. The Morgan fingerprint density at radius 3 is 2.36 bits per heavy atom. The number of Topliss-reactive ketones (excluding diaryl/α,β-unsaturated/α-hetero) is 1. The summed E-state index contributed by atoms with van der Waals surface area (Å²) in [6.45, 7) is 4.06. The van der Waals surface area contributed by atoms with Gasteiger partial charge in [0, 0.05) is 29.0 Å². The maximum absolute atomic E-state index is 12.5. The highest BCUT2D eigenvalue weighted by molar-refractivity contribution is 7.99. The van der Waals surface area contributed by atoms with Crippen LogP contribution in [0.5, 0.6) is 5.88 Å². The van der Waals surface area contributed by atoms with Crippen molar-refractivity contribution in [3.63, 3.8) is 0 Å². The molecule has 0 aliphatic carbocycles. The Labute approximate surface area is 170 Å². The molecule has 0 aliphatic heterocycles. The molecule has 1 aromatic heterocycles. The molecule has 0 bridgehead atoms. The Hall–Kier alpha value is -2.66. The van der Waals surface area contributed by atoms with E-state index in [9.17, 15) is 4.79 Å². The molecule has 0 amide bonds. The fraction of sp³-hybridized carbons (Fsp3) is 0.261. The summed E-state index contributed by atoms with van der Waals surface area (Å²) in [5.74, 6) is 1.38. The number of hydrogen-bond donors (Lipinski definition) is 0. The highest BCUT2D eigenvalue weighted by atomic mass is 32.2. The molecular weight excluding hydrogens is 368 g/mol. The zero-order valence-electron chi connectivity index (χ0n) is 16.2. The number of aryl methyl sites for hydroxylation is 1. The summed E-state index contributed by atoms with van der Waals surface area (Å²) in [5.41, 5.74) is 3.60. The van der Waals surface area contributed by atoms with Crippen molar-refractivity contribution in [2.75, 3.05) is 12.4 Å². The van der Waals surface area contributed by atoms with Gasteiger partial charge in [0.05, 0.1) is 0 Å². The van der Waals surface area contributed by atoms with E-state index >= 15 is 0 Å². The summed E-state index contributed by atoms with van der Waals surface area (Å²) in [5, 5.41) is 0.693. The van der Waals surface area contributed by atoms with Gasteiger partial charge in [0.1, 0.15) is 0 Å². The van der Waals surface area contributed by atoms with Crippen LogP contribution >= 0.6 is 11.8 Å². The molecule has 0 saturated heterocycles. The topological polar surface area (TPSA) is 52.1 Å². The van der Waals surface area contributed by atoms with Crippen LogP contribution in [-0.2, 0) is 6.42 Å². The minimum atomic E-state index is -0.0645. The molecule has 5 heteroatoms. The third-order valence-electron chi connectivity index (χ3n) is 4.25. The first-order chi connectivity index (χ1) is 13.7. The number of carbonyl (C=O) groups is 1. The molecule has 4 nitrogen and oxygen atoms in total. The SMILES string of the molecule is CCCSc1nc(C)c(Cc2ccccc2)c(OCC(=O)c2ccccc2)n1. The molecule has 0 saturated carbocycles. The van der Waals surface area contributed by atoms with Gasteiger partial charge in [-0.3, -0.25) is 4.79 Å². The van der Waals surface area contributed by atoms with Gasteiger partial charge in [-0.05, 0) is 18.9 Å². The van der Waals surface area contributed by atoms with Crippen molar-refractivity contribution in [2.45, 2.75) is 31.8 Å². The number of nitrogens with zero attached hydrogens (tertiary/aromatic N) is 2. The summed E-state index contributed by atoms with van der Waals surface area (Å²) in [7, 11) is 0. The van der Waals surface area contributed by atoms with Crippen molar-refractivity contribution in [3.05, 3.63) is 83.0 Å². The molecule has 0 N–H and O–H groups in total. The predicted molar refractivity (Wildman–Crippen MR) is 113 cm³/mol. The number of rotatable bonds is 9. The third kappa shape index (κ3) is 5.42. The Bertz CT molecular complexity index is 915. The lowest BCUT2D eigenvalue weighted by molar-refractivity contribution is 0.0916. The highest BCUT2D eigenvalue weighted by Gasteiger charge is 2.16. The van der Waals surface area contributed by atoms with E-state index in [0.717, 1.165) is 29.0 Å². The van der Waals surface area contributed by atoms with Crippen LogP contribution in [-0.4, -0.2) is 28.1 Å². The molecular formula is C23H24N2O2S. The molecule has 0 atom stereocenters. The fourth-order valence-electron chi connectivity index (χ4n) is 2.77. The van der Waals surface area contributed by atoms with E-state index in [1.165, 1.54) is 0 Å². The quantitative estimate of drug-likeness (QED) is 0.287. The van der Waals surface area contributed by atoms with E-state index in [-0.39, 0.29) is 12.4 Å². The van der Waals surface area contributed by atoms with Crippen LogP contribution in [0.25, 0.3) is 0 Å². The maximum Gasteiger partial charge on any atom is 0.221 e. The third-order valence-corrected chi connectivity index (χ3v) is 5.30. The van der Waals surface area contributed by atoms with E-state index in [1.807, 2.05) is 43.3 Å². The van der Waals surface area contributed by atoms with Gasteiger partial charge < -0.3 is 4.74 Å². The molecule has 0 fully saturated rings. The number of ketones is 1. The molecule has 1 heterocycles. The zero-order valence-corrected chi connectivity index (χ0v) is 17.0. The summed E-state index contributed by atoms with van der Waals surface area (Å²) in [6.07, 6.45) is 1.71. The average Bonchev–Trinajstić information content (AvgIpc) is 2.74. The van der Waals surface area contributed by atoms with Crippen LogP contribution in [0, 0.1) is 6.92 Å². The Morgan fingerprint density at radius 2 is 1.68 bits per heavy atom. The van der Waals surface area contributed by atoms with Gasteiger partial charge in [0.2, 0.25) is 5.88 Å². The highest BCUT2D eigenvalue weighted by Crippen LogP contribution is 2.26. The van der Waals surface area contributed by atoms with E-state index in [4.69, 9.17) is 4.74 Å². The number of aromatic nitrogens is 2. The smallest absolute Gasteiger partial charge is 0.221 e. The first kappa shape index (κ1) is 20.1. The normalized spacial score (nSPS) is 10.6. The van der Waals surface area contributed by atoms with Gasteiger partial charge in [-0.1, -0.05) is 79.3 Å². The van der Waals surface area contributed by atoms with E-state index < -0.39 is 0 Å². The van der Waals surface area contributed by atoms with Crippen molar-refractivity contribution in [3.8, 4) is 5.88 Å². The second kappa shape index (κ2) is 10.0. The summed E-state index contributed by atoms with van der Waals surface area (Å²) in [6, 6.07) is 19.3. The van der Waals surface area contributed by atoms with Crippen LogP contribution in [0.4, 0.5) is 0 Å². The van der Waals surface area contributed by atoms with Crippen LogP contribution < -0.4 is 4.74 Å². The second-order valence-electron chi connectivity index (χ2n) is 6.46. The lowest BCUT2D eigenvalue weighted by Crippen LogP contribution is -2.14. The van der Waals surface area contributed by atoms with Crippen LogP contribution in [0.2, 0.25) is 0 Å². The van der Waals surface area contributed by atoms with E-state index in [1.54, 1.807) is 23.9 Å². The number of thioether (sulfide) groups is 1. The van der Waals surface area contributed by atoms with Gasteiger partial charge in [0.15, 0.2) is 17.5 Å². The predicted octanol–water partition coefficient (Wildman–Crippen LogP) is 5.14. The minimum Gasteiger partial charge on any atom is -0.469 e. The van der Waals surface area contributed by atoms with Crippen LogP contribution in [0.1, 0.15) is 40.5 Å². The summed E-state index contributed by atoms with van der Waals surface area (Å²) in [4.78, 5) is 21.7. The number of carbonyl (C=O) groups excluding carboxylic acids is 1. The molecule has 144 valence electrons. The Kier molecular flexibility index (Phi) is 7.20. The van der Waals surface area contributed by atoms with Gasteiger partial charge in [0.25, 0.3) is 0 Å². The van der Waals surface area contributed by atoms with Crippen LogP contribution in [0.15, 0.2) is 65.8 Å². The van der Waals surface area contributed by atoms with E-state index in [2.05, 4.69) is 29.0 Å². The maximum atomic E-state index is 12.5. The molecule has 0 radical (unpaired) electrons. The second-order valence-corrected chi connectivity index (χ2v) is 7.53. The lowest BCUT2D eigenvalue weighted by atomic mass is 10.0. The molecule has 0 unspecified atom stereocenters. The van der Waals surface area contributed by atoms with Gasteiger partial charge in [-0.15, -0.1) is 0 Å². The molecule has 2 aromatic carbocycles. The number of ether oxygens (including phenoxy) is 1. The summed E-state index contributed by atoms with van der Waals surface area (Å²) < 4.78 is 5.91. The first-order valence-corrected chi connectivity index (χ1v) is 10.4. The minimum absolute atomic E-state index is 0.0415. The largest absolute Gasteiger partial charge is 0.469 e. The molecule has 28 heavy (non-hydrogen) atoms. The zero-order chi connectivity index (χ0) is 19.8. The molecule has 3 rings (SSSR count). The van der Waals surface area contributed by atoms with Crippen molar-refractivity contribution in [2.24, 2.45) is 0 Å². The van der Waals surface area contributed by atoms with E-state index in [0.29, 0.717) is 23.0 Å². The molecule has 3 aromatic rings. The molecule has 0 aliphatic rings. The fourth-order valence-corrected chi connectivity index (χ4v) is 3.50. The van der Waals surface area contributed by atoms with Crippen molar-refractivity contribution in [1.82, 2.24) is 9.97 Å². The Balaban J connectivity index is 1.84. The van der Waals surface area contributed by atoms with Crippen molar-refractivity contribution < 1.29 is 9.53 Å². The number of hydrogen-bond acceptors (Lipinski definition) is 5.